The lowest BCUT2D eigenvalue weighted by atomic mass is 10.0. The summed E-state index contributed by atoms with van der Waals surface area (Å²) in [7, 11) is 3.14. The van der Waals surface area contributed by atoms with Crippen molar-refractivity contribution in [2.24, 2.45) is 0 Å². The van der Waals surface area contributed by atoms with Gasteiger partial charge in [0.2, 0.25) is 11.8 Å². The summed E-state index contributed by atoms with van der Waals surface area (Å²) < 4.78 is 14.3. The van der Waals surface area contributed by atoms with Crippen LogP contribution in [0.15, 0.2) is 24.3 Å². The Balaban J connectivity index is 2.35. The van der Waals surface area contributed by atoms with Crippen LogP contribution in [0.4, 0.5) is 4.39 Å². The third kappa shape index (κ3) is 3.57. The van der Waals surface area contributed by atoms with Crippen LogP contribution in [0.5, 0.6) is 0 Å². The van der Waals surface area contributed by atoms with Gasteiger partial charge in [0.05, 0.1) is 12.6 Å². The maximum Gasteiger partial charge on any atom is 0.241 e. The summed E-state index contributed by atoms with van der Waals surface area (Å²) in [6, 6.07) is 4.85. The lowest BCUT2D eigenvalue weighted by molar-refractivity contribution is -0.137. The summed E-state index contributed by atoms with van der Waals surface area (Å²) in [4.78, 5) is 28.3. The molecule has 0 aliphatic carbocycles. The molecule has 1 heterocycles. The molecule has 1 aromatic carbocycles. The van der Waals surface area contributed by atoms with Crippen LogP contribution in [-0.4, -0.2) is 54.8 Å². The third-order valence-corrected chi connectivity index (χ3v) is 4.31. The van der Waals surface area contributed by atoms with E-state index in [9.17, 15) is 14.0 Å². The number of likely N-dealkylation sites (N-methyl/N-ethyl adjacent to an activating group) is 2. The van der Waals surface area contributed by atoms with Crippen molar-refractivity contribution in [1.82, 2.24) is 15.1 Å². The van der Waals surface area contributed by atoms with Crippen molar-refractivity contribution < 1.29 is 14.0 Å². The third-order valence-electron chi connectivity index (χ3n) is 4.31. The Morgan fingerprint density at radius 1 is 1.50 bits per heavy atom. The number of hydrogen-bond acceptors (Lipinski definition) is 3. The van der Waals surface area contributed by atoms with Crippen molar-refractivity contribution in [3.05, 3.63) is 35.6 Å². The predicted octanol–water partition coefficient (Wildman–Crippen LogP) is 1.17. The molecule has 0 radical (unpaired) electrons. The van der Waals surface area contributed by atoms with E-state index in [1.165, 1.54) is 18.0 Å². The number of halogens is 1. The molecule has 6 heteroatoms. The molecule has 1 aromatic rings. The molecule has 2 atom stereocenters. The Hall–Kier alpha value is -2.39. The zero-order valence-corrected chi connectivity index (χ0v) is 14.0. The van der Waals surface area contributed by atoms with E-state index in [1.54, 1.807) is 30.1 Å². The first kappa shape index (κ1) is 18.0. The molecule has 128 valence electrons. The van der Waals surface area contributed by atoms with Gasteiger partial charge >= 0.3 is 0 Å². The molecule has 0 saturated carbocycles. The van der Waals surface area contributed by atoms with Crippen LogP contribution in [0.2, 0.25) is 0 Å². The number of amides is 2. The number of hydrogen-bond donors (Lipinski definition) is 1. The van der Waals surface area contributed by atoms with Gasteiger partial charge in [-0.1, -0.05) is 24.1 Å². The highest BCUT2D eigenvalue weighted by molar-refractivity contribution is 5.86. The van der Waals surface area contributed by atoms with E-state index >= 15 is 0 Å². The quantitative estimate of drug-likeness (QED) is 0.824. The van der Waals surface area contributed by atoms with E-state index in [2.05, 4.69) is 11.2 Å². The molecule has 0 spiro atoms. The first-order valence-corrected chi connectivity index (χ1v) is 7.91. The highest BCUT2D eigenvalue weighted by Crippen LogP contribution is 2.31. The van der Waals surface area contributed by atoms with Crippen LogP contribution in [0.25, 0.3) is 0 Å². The minimum absolute atomic E-state index is 0.143. The molecule has 0 aromatic heterocycles. The molecule has 1 aliphatic heterocycles. The van der Waals surface area contributed by atoms with Crippen molar-refractivity contribution in [1.29, 1.82) is 0 Å². The second-order valence-electron chi connectivity index (χ2n) is 5.83. The maximum atomic E-state index is 14.3. The SMILES string of the molecule is C#CCN(C)C(=O)C1CCCN1C(C(=O)NC)c1ccccc1F. The van der Waals surface area contributed by atoms with Crippen molar-refractivity contribution >= 4 is 11.8 Å². The van der Waals surface area contributed by atoms with Gasteiger partial charge in [0.25, 0.3) is 0 Å². The fourth-order valence-corrected chi connectivity index (χ4v) is 3.14. The van der Waals surface area contributed by atoms with Crippen molar-refractivity contribution in [2.45, 2.75) is 24.9 Å². The van der Waals surface area contributed by atoms with Gasteiger partial charge in [-0.2, -0.15) is 0 Å². The van der Waals surface area contributed by atoms with Crippen LogP contribution in [0.1, 0.15) is 24.4 Å². The van der Waals surface area contributed by atoms with Crippen LogP contribution in [0, 0.1) is 18.2 Å². The van der Waals surface area contributed by atoms with E-state index in [-0.39, 0.29) is 23.9 Å². The lowest BCUT2D eigenvalue weighted by Crippen LogP contribution is -2.49. The number of nitrogens with one attached hydrogen (secondary N) is 1. The topological polar surface area (TPSA) is 52.7 Å². The zero-order valence-electron chi connectivity index (χ0n) is 14.0. The summed E-state index contributed by atoms with van der Waals surface area (Å²) in [5.41, 5.74) is 0.274. The highest BCUT2D eigenvalue weighted by atomic mass is 19.1. The molecule has 2 unspecified atom stereocenters. The van der Waals surface area contributed by atoms with E-state index in [1.807, 2.05) is 0 Å². The second-order valence-corrected chi connectivity index (χ2v) is 5.83. The smallest absolute Gasteiger partial charge is 0.241 e. The average molecular weight is 331 g/mol. The number of benzene rings is 1. The van der Waals surface area contributed by atoms with Crippen LogP contribution in [0.3, 0.4) is 0 Å². The summed E-state index contributed by atoms with van der Waals surface area (Å²) in [6.07, 6.45) is 6.66. The normalized spacial score (nSPS) is 18.7. The minimum atomic E-state index is -0.841. The van der Waals surface area contributed by atoms with Gasteiger partial charge in [-0.15, -0.1) is 6.42 Å². The number of carbonyl (C=O) groups excluding carboxylic acids is 2. The molecular formula is C18H22FN3O2. The number of carbonyl (C=O) groups is 2. The fourth-order valence-electron chi connectivity index (χ4n) is 3.14. The Kier molecular flexibility index (Phi) is 5.93. The van der Waals surface area contributed by atoms with Crippen LogP contribution >= 0.6 is 0 Å². The van der Waals surface area contributed by atoms with Gasteiger partial charge in [0, 0.05) is 26.2 Å². The molecular weight excluding hydrogens is 309 g/mol. The van der Waals surface area contributed by atoms with Crippen molar-refractivity contribution in [3.63, 3.8) is 0 Å². The molecule has 0 bridgehead atoms. The van der Waals surface area contributed by atoms with Gasteiger partial charge in [-0.3, -0.25) is 14.5 Å². The van der Waals surface area contributed by atoms with E-state index in [0.717, 1.165) is 6.42 Å². The van der Waals surface area contributed by atoms with Crippen LogP contribution in [-0.2, 0) is 9.59 Å². The Morgan fingerprint density at radius 3 is 2.83 bits per heavy atom. The van der Waals surface area contributed by atoms with Gasteiger partial charge < -0.3 is 10.2 Å². The number of terminal acetylenes is 1. The molecule has 24 heavy (non-hydrogen) atoms. The number of likely N-dealkylation sites (tertiary alicyclic amines) is 1. The molecule has 5 nitrogen and oxygen atoms in total. The van der Waals surface area contributed by atoms with Gasteiger partial charge in [-0.25, -0.2) is 4.39 Å². The average Bonchev–Trinajstić information content (AvgIpc) is 3.05. The Bertz CT molecular complexity index is 656. The lowest BCUT2D eigenvalue weighted by Gasteiger charge is -2.33. The first-order chi connectivity index (χ1) is 11.5. The minimum Gasteiger partial charge on any atom is -0.358 e. The summed E-state index contributed by atoms with van der Waals surface area (Å²) >= 11 is 0. The molecule has 1 N–H and O–H groups in total. The maximum absolute atomic E-state index is 14.3. The van der Waals surface area contributed by atoms with Crippen LogP contribution < -0.4 is 5.32 Å². The number of nitrogens with zero attached hydrogens (tertiary/aromatic N) is 2. The summed E-state index contributed by atoms with van der Waals surface area (Å²) in [6.45, 7) is 0.750. The summed E-state index contributed by atoms with van der Waals surface area (Å²) in [5.74, 6) is 1.50. The van der Waals surface area contributed by atoms with E-state index in [4.69, 9.17) is 6.42 Å². The predicted molar refractivity (Wildman–Crippen MR) is 89.4 cm³/mol. The molecule has 2 amide bonds. The molecule has 1 fully saturated rings. The largest absolute Gasteiger partial charge is 0.358 e. The first-order valence-electron chi connectivity index (χ1n) is 7.91. The van der Waals surface area contributed by atoms with Gasteiger partial charge in [-0.05, 0) is 18.9 Å². The highest BCUT2D eigenvalue weighted by Gasteiger charge is 2.40. The van der Waals surface area contributed by atoms with E-state index in [0.29, 0.717) is 13.0 Å². The monoisotopic (exact) mass is 331 g/mol. The Morgan fingerprint density at radius 2 is 2.21 bits per heavy atom. The standard InChI is InChI=1S/C18H22FN3O2/c1-4-11-21(3)18(24)15-10-7-12-22(15)16(17(23)20-2)13-8-5-6-9-14(13)19/h1,5-6,8-9,15-16H,7,10-12H2,2-3H3,(H,20,23). The Labute approximate surface area is 141 Å². The van der Waals surface area contributed by atoms with Crippen molar-refractivity contribution in [2.75, 3.05) is 27.2 Å². The fraction of sp³-hybridized carbons (Fsp3) is 0.444. The van der Waals surface area contributed by atoms with Crippen molar-refractivity contribution in [3.8, 4) is 12.3 Å². The van der Waals surface area contributed by atoms with E-state index < -0.39 is 17.9 Å². The zero-order chi connectivity index (χ0) is 17.7. The molecule has 2 rings (SSSR count). The van der Waals surface area contributed by atoms with Gasteiger partial charge in [0.15, 0.2) is 0 Å². The molecule has 1 aliphatic rings. The molecule has 1 saturated heterocycles. The number of rotatable bonds is 5. The second kappa shape index (κ2) is 7.93. The van der Waals surface area contributed by atoms with Gasteiger partial charge in [0.1, 0.15) is 11.9 Å². The summed E-state index contributed by atoms with van der Waals surface area (Å²) in [5, 5.41) is 2.58.